The van der Waals surface area contributed by atoms with Gasteiger partial charge < -0.3 is 10.6 Å². The van der Waals surface area contributed by atoms with Crippen molar-refractivity contribution in [3.63, 3.8) is 0 Å². The predicted octanol–water partition coefficient (Wildman–Crippen LogP) is 2.36. The summed E-state index contributed by atoms with van der Waals surface area (Å²) in [6, 6.07) is 2.74. The second-order valence-electron chi connectivity index (χ2n) is 3.47. The van der Waals surface area contributed by atoms with Crippen LogP contribution in [-0.4, -0.2) is 23.9 Å². The van der Waals surface area contributed by atoms with E-state index in [4.69, 9.17) is 17.3 Å². The van der Waals surface area contributed by atoms with Gasteiger partial charge in [0.15, 0.2) is 0 Å². The Kier molecular flexibility index (Phi) is 3.73. The lowest BCUT2D eigenvalue weighted by molar-refractivity contribution is -0.385. The Labute approximate surface area is 98.3 Å². The van der Waals surface area contributed by atoms with Gasteiger partial charge >= 0.3 is 0 Å². The Morgan fingerprint density at radius 2 is 2.12 bits per heavy atom. The molecule has 0 aliphatic heterocycles. The molecule has 0 aliphatic carbocycles. The quantitative estimate of drug-likeness (QED) is 0.501. The summed E-state index contributed by atoms with van der Waals surface area (Å²) in [6.45, 7) is 0. The molecular weight excluding hydrogens is 230 g/mol. The van der Waals surface area contributed by atoms with Crippen molar-refractivity contribution in [2.45, 2.75) is 0 Å². The Hall–Kier alpha value is -1.75. The zero-order valence-corrected chi connectivity index (χ0v) is 9.73. The van der Waals surface area contributed by atoms with Crippen LogP contribution in [0.25, 0.3) is 6.08 Å². The van der Waals surface area contributed by atoms with Crippen LogP contribution >= 0.6 is 11.6 Å². The fourth-order valence-electron chi connectivity index (χ4n) is 1.11. The molecule has 0 amide bonds. The van der Waals surface area contributed by atoms with Crippen molar-refractivity contribution >= 4 is 29.1 Å². The first-order chi connectivity index (χ1) is 7.41. The van der Waals surface area contributed by atoms with E-state index in [2.05, 4.69) is 0 Å². The van der Waals surface area contributed by atoms with Gasteiger partial charge in [-0.2, -0.15) is 0 Å². The standard InChI is InChI=1S/C10H12ClN3O2/c1-13(2)4-3-7-5-8(11)9(12)6-10(7)14(15)16/h3-6H,12H2,1-2H3/b4-3+. The summed E-state index contributed by atoms with van der Waals surface area (Å²) in [6.07, 6.45) is 3.32. The van der Waals surface area contributed by atoms with Crippen LogP contribution in [0.4, 0.5) is 11.4 Å². The molecule has 0 radical (unpaired) electrons. The van der Waals surface area contributed by atoms with Crippen molar-refractivity contribution < 1.29 is 4.92 Å². The van der Waals surface area contributed by atoms with Gasteiger partial charge in [-0.25, -0.2) is 0 Å². The summed E-state index contributed by atoms with van der Waals surface area (Å²) in [4.78, 5) is 12.1. The van der Waals surface area contributed by atoms with Crippen LogP contribution in [0.5, 0.6) is 0 Å². The van der Waals surface area contributed by atoms with Gasteiger partial charge in [-0.15, -0.1) is 0 Å². The van der Waals surface area contributed by atoms with E-state index in [0.717, 1.165) is 0 Å². The Morgan fingerprint density at radius 1 is 1.50 bits per heavy atom. The lowest BCUT2D eigenvalue weighted by atomic mass is 10.1. The molecule has 5 nitrogen and oxygen atoms in total. The first kappa shape index (κ1) is 12.3. The summed E-state index contributed by atoms with van der Waals surface area (Å²) in [5, 5.41) is 11.1. The van der Waals surface area contributed by atoms with E-state index in [1.54, 1.807) is 17.2 Å². The maximum absolute atomic E-state index is 10.8. The van der Waals surface area contributed by atoms with Gasteiger partial charge in [-0.1, -0.05) is 11.6 Å². The minimum Gasteiger partial charge on any atom is -0.397 e. The van der Waals surface area contributed by atoms with E-state index < -0.39 is 4.92 Å². The van der Waals surface area contributed by atoms with Gasteiger partial charge in [-0.05, 0) is 18.3 Å². The highest BCUT2D eigenvalue weighted by Gasteiger charge is 2.14. The molecule has 2 N–H and O–H groups in total. The van der Waals surface area contributed by atoms with Crippen molar-refractivity contribution in [1.82, 2.24) is 4.90 Å². The summed E-state index contributed by atoms with van der Waals surface area (Å²) in [5.41, 5.74) is 6.09. The van der Waals surface area contributed by atoms with Gasteiger partial charge in [0.05, 0.1) is 21.2 Å². The molecule has 0 aromatic heterocycles. The number of nitrogens with zero attached hydrogens (tertiary/aromatic N) is 2. The second kappa shape index (κ2) is 4.85. The minimum absolute atomic E-state index is 0.0556. The van der Waals surface area contributed by atoms with E-state index in [9.17, 15) is 10.1 Å². The number of nitrogen functional groups attached to an aromatic ring is 1. The predicted molar refractivity (Wildman–Crippen MR) is 65.2 cm³/mol. The third-order valence-corrected chi connectivity index (χ3v) is 2.22. The molecule has 0 unspecified atom stereocenters. The Balaban J connectivity index is 3.25. The maximum atomic E-state index is 10.8. The third kappa shape index (κ3) is 2.87. The van der Waals surface area contributed by atoms with E-state index >= 15 is 0 Å². The van der Waals surface area contributed by atoms with Crippen molar-refractivity contribution in [3.05, 3.63) is 39.0 Å². The number of nitro groups is 1. The molecule has 0 saturated heterocycles. The molecule has 0 heterocycles. The van der Waals surface area contributed by atoms with Crippen LogP contribution < -0.4 is 5.73 Å². The number of hydrogen-bond donors (Lipinski definition) is 1. The smallest absolute Gasteiger partial charge is 0.278 e. The molecule has 0 fully saturated rings. The summed E-state index contributed by atoms with van der Waals surface area (Å²) < 4.78 is 0. The van der Waals surface area contributed by atoms with Crippen LogP contribution in [0.1, 0.15) is 5.56 Å². The first-order valence-electron chi connectivity index (χ1n) is 4.50. The highest BCUT2D eigenvalue weighted by atomic mass is 35.5. The number of halogens is 1. The van der Waals surface area contributed by atoms with Gasteiger partial charge in [0, 0.05) is 20.2 Å². The molecule has 1 rings (SSSR count). The monoisotopic (exact) mass is 241 g/mol. The van der Waals surface area contributed by atoms with Gasteiger partial charge in [0.1, 0.15) is 0 Å². The fraction of sp³-hybridized carbons (Fsp3) is 0.200. The molecule has 0 aliphatic rings. The number of nitrogens with two attached hydrogens (primary N) is 1. The molecule has 0 spiro atoms. The minimum atomic E-state index is -0.484. The molecule has 1 aromatic carbocycles. The molecule has 1 aromatic rings. The number of rotatable bonds is 3. The van der Waals surface area contributed by atoms with Crippen molar-refractivity contribution in [1.29, 1.82) is 0 Å². The van der Waals surface area contributed by atoms with E-state index in [1.165, 1.54) is 12.1 Å². The molecule has 16 heavy (non-hydrogen) atoms. The molecule has 0 saturated carbocycles. The lowest BCUT2D eigenvalue weighted by Crippen LogP contribution is -2.00. The molecule has 0 atom stereocenters. The Bertz CT molecular complexity index is 444. The zero-order valence-electron chi connectivity index (χ0n) is 8.98. The largest absolute Gasteiger partial charge is 0.397 e. The highest BCUT2D eigenvalue weighted by Crippen LogP contribution is 2.29. The van der Waals surface area contributed by atoms with Gasteiger partial charge in [0.25, 0.3) is 5.69 Å². The summed E-state index contributed by atoms with van der Waals surface area (Å²) in [5.74, 6) is 0. The number of benzene rings is 1. The molecule has 6 heteroatoms. The first-order valence-corrected chi connectivity index (χ1v) is 4.87. The molecular formula is C10H12ClN3O2. The second-order valence-corrected chi connectivity index (χ2v) is 3.88. The SMILES string of the molecule is CN(C)/C=C/c1cc(Cl)c(N)cc1[N+](=O)[O-]. The number of hydrogen-bond acceptors (Lipinski definition) is 4. The van der Waals surface area contributed by atoms with Crippen LogP contribution in [0.3, 0.4) is 0 Å². The van der Waals surface area contributed by atoms with E-state index in [-0.39, 0.29) is 11.4 Å². The van der Waals surface area contributed by atoms with Crippen LogP contribution in [0, 0.1) is 10.1 Å². The van der Waals surface area contributed by atoms with Gasteiger partial charge in [0.2, 0.25) is 0 Å². The molecule has 86 valence electrons. The number of nitro benzene ring substituents is 1. The zero-order chi connectivity index (χ0) is 12.3. The number of anilines is 1. The van der Waals surface area contributed by atoms with Crippen molar-refractivity contribution in [2.24, 2.45) is 0 Å². The summed E-state index contributed by atoms with van der Waals surface area (Å²) >= 11 is 5.81. The highest BCUT2D eigenvalue weighted by molar-refractivity contribution is 6.33. The van der Waals surface area contributed by atoms with Crippen LogP contribution in [-0.2, 0) is 0 Å². The third-order valence-electron chi connectivity index (χ3n) is 1.89. The topological polar surface area (TPSA) is 72.4 Å². The average Bonchev–Trinajstić information content (AvgIpc) is 2.18. The van der Waals surface area contributed by atoms with Gasteiger partial charge in [-0.3, -0.25) is 10.1 Å². The maximum Gasteiger partial charge on any atom is 0.278 e. The summed E-state index contributed by atoms with van der Waals surface area (Å²) in [7, 11) is 3.64. The Morgan fingerprint density at radius 3 is 2.62 bits per heavy atom. The molecule has 0 bridgehead atoms. The fourth-order valence-corrected chi connectivity index (χ4v) is 1.29. The van der Waals surface area contributed by atoms with E-state index in [1.807, 2.05) is 14.1 Å². The van der Waals surface area contributed by atoms with Crippen LogP contribution in [0.2, 0.25) is 5.02 Å². The normalized spacial score (nSPS) is 10.7. The lowest BCUT2D eigenvalue weighted by Gasteiger charge is -2.05. The van der Waals surface area contributed by atoms with Crippen molar-refractivity contribution in [2.75, 3.05) is 19.8 Å². The average molecular weight is 242 g/mol. The van der Waals surface area contributed by atoms with Crippen LogP contribution in [0.15, 0.2) is 18.3 Å². The van der Waals surface area contributed by atoms with Crippen molar-refractivity contribution in [3.8, 4) is 0 Å². The van der Waals surface area contributed by atoms with E-state index in [0.29, 0.717) is 10.6 Å².